The van der Waals surface area contributed by atoms with Crippen molar-refractivity contribution in [3.63, 3.8) is 0 Å². The van der Waals surface area contributed by atoms with E-state index in [9.17, 15) is 23.9 Å². The monoisotopic (exact) mass is 481 g/mol. The molecule has 3 atom stereocenters. The van der Waals surface area contributed by atoms with Gasteiger partial charge in [0.25, 0.3) is 0 Å². The summed E-state index contributed by atoms with van der Waals surface area (Å²) in [5.74, 6) is -0.656. The highest BCUT2D eigenvalue weighted by atomic mass is 19.1. The molecular weight excluding hydrogens is 445 g/mol. The van der Waals surface area contributed by atoms with Gasteiger partial charge >= 0.3 is 6.09 Å². The zero-order chi connectivity index (χ0) is 25.3. The molecule has 34 heavy (non-hydrogen) atoms. The highest BCUT2D eigenvalue weighted by Gasteiger charge is 2.30. The number of rotatable bonds is 12. The average Bonchev–Trinajstić information content (AvgIpc) is 3.17. The fourth-order valence-electron chi connectivity index (χ4n) is 3.67. The molecule has 1 aliphatic rings. The van der Waals surface area contributed by atoms with Gasteiger partial charge in [-0.3, -0.25) is 9.59 Å². The molecule has 0 aliphatic carbocycles. The number of nitrogens with one attached hydrogen (secondary N) is 3. The largest absolute Gasteiger partial charge is 0.484 e. The van der Waals surface area contributed by atoms with E-state index in [1.807, 2.05) is 13.8 Å². The lowest BCUT2D eigenvalue weighted by Gasteiger charge is -2.27. The minimum absolute atomic E-state index is 0.0846. The molecule has 2 rings (SSSR count). The van der Waals surface area contributed by atoms with Gasteiger partial charge in [-0.1, -0.05) is 13.8 Å². The van der Waals surface area contributed by atoms with Gasteiger partial charge in [-0.25, -0.2) is 9.18 Å². The summed E-state index contributed by atoms with van der Waals surface area (Å²) in [5, 5.41) is 17.7. The molecule has 1 fully saturated rings. The number of hydrogen-bond acceptors (Lipinski definition) is 6. The van der Waals surface area contributed by atoms with E-state index in [1.54, 1.807) is 13.8 Å². The Kier molecular flexibility index (Phi) is 10.1. The van der Waals surface area contributed by atoms with Crippen LogP contribution in [0.25, 0.3) is 0 Å². The van der Waals surface area contributed by atoms with E-state index in [4.69, 9.17) is 9.47 Å². The molecule has 0 aromatic heterocycles. The second-order valence-corrected chi connectivity index (χ2v) is 9.62. The van der Waals surface area contributed by atoms with Crippen molar-refractivity contribution in [1.82, 2.24) is 16.0 Å². The summed E-state index contributed by atoms with van der Waals surface area (Å²) in [7, 11) is 0. The van der Waals surface area contributed by atoms with Crippen LogP contribution in [-0.2, 0) is 14.3 Å². The number of aliphatic hydroxyl groups is 1. The molecule has 4 N–H and O–H groups in total. The first kappa shape index (κ1) is 27.4. The van der Waals surface area contributed by atoms with Crippen LogP contribution in [0.1, 0.15) is 47.0 Å². The van der Waals surface area contributed by atoms with Crippen molar-refractivity contribution in [2.45, 2.75) is 64.6 Å². The highest BCUT2D eigenvalue weighted by Crippen LogP contribution is 2.19. The highest BCUT2D eigenvalue weighted by molar-refractivity contribution is 5.86. The van der Waals surface area contributed by atoms with Crippen LogP contribution < -0.4 is 20.7 Å². The van der Waals surface area contributed by atoms with Gasteiger partial charge in [0.1, 0.15) is 29.8 Å². The van der Waals surface area contributed by atoms with Crippen molar-refractivity contribution >= 4 is 17.9 Å². The standard InChI is InChI=1S/C24H36FN3O6/c1-15(2)11-20(22(31)27-18(13-29)12-16-9-10-26-21(16)30)28-23(32)33-14-24(3,4)34-19-7-5-17(25)6-8-19/h5-8,15-16,18,20,29H,9-14H2,1-4H3,(H,26,30)(H,27,31)(H,28,32)/t16-,18-,20-/m0/s1. The minimum atomic E-state index is -0.894. The topological polar surface area (TPSA) is 126 Å². The Hall–Kier alpha value is -2.88. The van der Waals surface area contributed by atoms with Crippen molar-refractivity contribution in [2.75, 3.05) is 19.8 Å². The van der Waals surface area contributed by atoms with Gasteiger partial charge in [-0.15, -0.1) is 0 Å². The number of alkyl carbamates (subject to hydrolysis) is 1. The van der Waals surface area contributed by atoms with Crippen LogP contribution in [0.2, 0.25) is 0 Å². The van der Waals surface area contributed by atoms with Gasteiger partial charge in [0.15, 0.2) is 0 Å². The molecule has 0 spiro atoms. The maximum atomic E-state index is 13.1. The summed E-state index contributed by atoms with van der Waals surface area (Å²) < 4.78 is 24.1. The van der Waals surface area contributed by atoms with Crippen molar-refractivity contribution < 1.29 is 33.4 Å². The fraction of sp³-hybridized carbons (Fsp3) is 0.625. The predicted octanol–water partition coefficient (Wildman–Crippen LogP) is 2.13. The quantitative estimate of drug-likeness (QED) is 0.362. The zero-order valence-electron chi connectivity index (χ0n) is 20.2. The second kappa shape index (κ2) is 12.5. The molecule has 1 aliphatic heterocycles. The van der Waals surface area contributed by atoms with Gasteiger partial charge in [0.2, 0.25) is 11.8 Å². The molecule has 0 bridgehead atoms. The van der Waals surface area contributed by atoms with E-state index < -0.39 is 29.7 Å². The maximum absolute atomic E-state index is 13.1. The summed E-state index contributed by atoms with van der Waals surface area (Å²) >= 11 is 0. The van der Waals surface area contributed by atoms with Crippen LogP contribution in [-0.4, -0.2) is 60.5 Å². The number of benzene rings is 1. The first-order chi connectivity index (χ1) is 16.0. The number of amides is 3. The van der Waals surface area contributed by atoms with Gasteiger partial charge < -0.3 is 30.5 Å². The molecule has 1 aromatic carbocycles. The SMILES string of the molecule is CC(C)C[C@H](NC(=O)OCC(C)(C)Oc1ccc(F)cc1)C(=O)N[C@H](CO)C[C@@H]1CCNC1=O. The third kappa shape index (κ3) is 9.17. The first-order valence-electron chi connectivity index (χ1n) is 11.6. The minimum Gasteiger partial charge on any atom is -0.484 e. The molecule has 0 unspecified atom stereocenters. The maximum Gasteiger partial charge on any atom is 0.407 e. The van der Waals surface area contributed by atoms with Crippen LogP contribution in [0.5, 0.6) is 5.75 Å². The Balaban J connectivity index is 1.90. The van der Waals surface area contributed by atoms with Crippen molar-refractivity contribution in [1.29, 1.82) is 0 Å². The normalized spacial score (nSPS) is 17.6. The number of carbonyl (C=O) groups excluding carboxylic acids is 3. The molecule has 1 saturated heterocycles. The molecule has 0 saturated carbocycles. The average molecular weight is 482 g/mol. The summed E-state index contributed by atoms with van der Waals surface area (Å²) in [4.78, 5) is 37.1. The number of aliphatic hydroxyl groups excluding tert-OH is 1. The van der Waals surface area contributed by atoms with Crippen LogP contribution in [0.4, 0.5) is 9.18 Å². The number of ether oxygens (including phenoxy) is 2. The molecule has 1 heterocycles. The molecule has 3 amide bonds. The fourth-order valence-corrected chi connectivity index (χ4v) is 3.67. The second-order valence-electron chi connectivity index (χ2n) is 9.62. The Bertz CT molecular complexity index is 831. The van der Waals surface area contributed by atoms with Gasteiger partial charge in [0, 0.05) is 12.5 Å². The van der Waals surface area contributed by atoms with E-state index in [2.05, 4.69) is 16.0 Å². The van der Waals surface area contributed by atoms with Crippen LogP contribution in [0.3, 0.4) is 0 Å². The van der Waals surface area contributed by atoms with Crippen LogP contribution >= 0.6 is 0 Å². The lowest BCUT2D eigenvalue weighted by molar-refractivity contribution is -0.126. The summed E-state index contributed by atoms with van der Waals surface area (Å²) in [6.07, 6.45) is 0.550. The van der Waals surface area contributed by atoms with Crippen molar-refractivity contribution in [3.05, 3.63) is 30.1 Å². The molecule has 190 valence electrons. The van der Waals surface area contributed by atoms with Gasteiger partial charge in [0.05, 0.1) is 12.6 Å². The Morgan fingerprint density at radius 2 is 1.91 bits per heavy atom. The molecular formula is C24H36FN3O6. The smallest absolute Gasteiger partial charge is 0.407 e. The zero-order valence-corrected chi connectivity index (χ0v) is 20.2. The Morgan fingerprint density at radius 3 is 2.47 bits per heavy atom. The lowest BCUT2D eigenvalue weighted by Crippen LogP contribution is -2.52. The van der Waals surface area contributed by atoms with Gasteiger partial charge in [-0.2, -0.15) is 0 Å². The molecule has 9 nitrogen and oxygen atoms in total. The van der Waals surface area contributed by atoms with E-state index in [0.717, 1.165) is 0 Å². The van der Waals surface area contributed by atoms with Crippen LogP contribution in [0, 0.1) is 17.7 Å². The van der Waals surface area contributed by atoms with E-state index in [0.29, 0.717) is 31.6 Å². The number of hydrogen-bond donors (Lipinski definition) is 4. The summed E-state index contributed by atoms with van der Waals surface area (Å²) in [6, 6.07) is 4.02. The number of halogens is 1. The third-order valence-electron chi connectivity index (χ3n) is 5.37. The lowest BCUT2D eigenvalue weighted by atomic mass is 9.97. The third-order valence-corrected chi connectivity index (χ3v) is 5.37. The summed E-state index contributed by atoms with van der Waals surface area (Å²) in [5.41, 5.74) is -0.894. The molecule has 0 radical (unpaired) electrons. The Morgan fingerprint density at radius 1 is 1.24 bits per heavy atom. The van der Waals surface area contributed by atoms with E-state index in [1.165, 1.54) is 24.3 Å². The van der Waals surface area contributed by atoms with Gasteiger partial charge in [-0.05, 0) is 63.3 Å². The molecule has 1 aromatic rings. The van der Waals surface area contributed by atoms with Crippen LogP contribution in [0.15, 0.2) is 24.3 Å². The van der Waals surface area contributed by atoms with E-state index >= 15 is 0 Å². The number of carbonyl (C=O) groups is 3. The van der Waals surface area contributed by atoms with Crippen molar-refractivity contribution in [3.8, 4) is 5.75 Å². The molecule has 10 heteroatoms. The van der Waals surface area contributed by atoms with E-state index in [-0.39, 0.29) is 36.8 Å². The Labute approximate surface area is 199 Å². The summed E-state index contributed by atoms with van der Waals surface area (Å²) in [6.45, 7) is 7.42. The van der Waals surface area contributed by atoms with Crippen molar-refractivity contribution in [2.24, 2.45) is 11.8 Å². The first-order valence-corrected chi connectivity index (χ1v) is 11.6. The predicted molar refractivity (Wildman–Crippen MR) is 124 cm³/mol.